The van der Waals surface area contributed by atoms with Gasteiger partial charge >= 0.3 is 5.97 Å². The van der Waals surface area contributed by atoms with Gasteiger partial charge in [-0.25, -0.2) is 0 Å². The van der Waals surface area contributed by atoms with Crippen LogP contribution in [0.5, 0.6) is 0 Å². The first kappa shape index (κ1) is 10.3. The highest BCUT2D eigenvalue weighted by atomic mass is 16.5. The molecule has 1 heterocycles. The van der Waals surface area contributed by atoms with Crippen molar-refractivity contribution >= 4 is 5.97 Å². The van der Waals surface area contributed by atoms with Gasteiger partial charge in [0.25, 0.3) is 0 Å². The van der Waals surface area contributed by atoms with Crippen LogP contribution in [-0.4, -0.2) is 23.8 Å². The van der Waals surface area contributed by atoms with Crippen molar-refractivity contribution < 1.29 is 14.6 Å². The normalized spacial score (nSPS) is 28.2. The van der Waals surface area contributed by atoms with Crippen LogP contribution >= 0.6 is 0 Å². The second-order valence-corrected chi connectivity index (χ2v) is 3.71. The minimum absolute atomic E-state index is 0.000139. The summed E-state index contributed by atoms with van der Waals surface area (Å²) >= 11 is 0. The van der Waals surface area contributed by atoms with Crippen molar-refractivity contribution in [3.05, 3.63) is 11.6 Å². The Bertz CT molecular complexity index is 216. The molecule has 0 amide bonds. The summed E-state index contributed by atoms with van der Waals surface area (Å²) in [5.41, 5.74) is 1.18. The van der Waals surface area contributed by atoms with Crippen LogP contribution in [0, 0.1) is 5.92 Å². The number of aliphatic carboxylic acids is 1. The first-order chi connectivity index (χ1) is 6.09. The fourth-order valence-electron chi connectivity index (χ4n) is 1.54. The number of rotatable bonds is 2. The van der Waals surface area contributed by atoms with Crippen LogP contribution in [0.4, 0.5) is 0 Å². The van der Waals surface area contributed by atoms with Crippen molar-refractivity contribution in [2.45, 2.75) is 32.8 Å². The van der Waals surface area contributed by atoms with Crippen LogP contribution in [0.25, 0.3) is 0 Å². The summed E-state index contributed by atoms with van der Waals surface area (Å²) in [5.74, 6) is -0.926. The van der Waals surface area contributed by atoms with Crippen LogP contribution < -0.4 is 0 Å². The van der Waals surface area contributed by atoms with Gasteiger partial charge in [0.1, 0.15) is 0 Å². The van der Waals surface area contributed by atoms with Gasteiger partial charge in [-0.2, -0.15) is 0 Å². The van der Waals surface area contributed by atoms with Gasteiger partial charge in [-0.05, 0) is 26.7 Å². The zero-order chi connectivity index (χ0) is 9.84. The number of carbonyl (C=O) groups is 1. The minimum atomic E-state index is -0.699. The molecule has 1 N–H and O–H groups in total. The van der Waals surface area contributed by atoms with Gasteiger partial charge in [0.2, 0.25) is 0 Å². The molecule has 2 atom stereocenters. The highest BCUT2D eigenvalue weighted by Crippen LogP contribution is 2.21. The zero-order valence-electron chi connectivity index (χ0n) is 8.12. The van der Waals surface area contributed by atoms with Crippen molar-refractivity contribution in [1.82, 2.24) is 0 Å². The molecule has 0 aromatic carbocycles. The third-order valence-corrected chi connectivity index (χ3v) is 2.18. The average molecular weight is 184 g/mol. The molecule has 0 saturated carbocycles. The Morgan fingerprint density at radius 1 is 1.54 bits per heavy atom. The fraction of sp³-hybridized carbons (Fsp3) is 0.700. The molecular formula is C10H16O3. The maximum absolute atomic E-state index is 10.7. The van der Waals surface area contributed by atoms with Crippen LogP contribution in [0.2, 0.25) is 0 Å². The molecule has 0 unspecified atom stereocenters. The highest BCUT2D eigenvalue weighted by molar-refractivity contribution is 5.70. The van der Waals surface area contributed by atoms with E-state index in [1.54, 1.807) is 0 Å². The lowest BCUT2D eigenvalue weighted by molar-refractivity contribution is -0.146. The second kappa shape index (κ2) is 4.42. The molecule has 0 aromatic heterocycles. The van der Waals surface area contributed by atoms with E-state index in [1.807, 2.05) is 19.9 Å². The molecule has 3 heteroatoms. The molecule has 0 aromatic rings. The van der Waals surface area contributed by atoms with E-state index in [1.165, 1.54) is 5.57 Å². The van der Waals surface area contributed by atoms with Gasteiger partial charge in [-0.3, -0.25) is 4.79 Å². The molecule has 1 saturated heterocycles. The van der Waals surface area contributed by atoms with Crippen LogP contribution in [0.15, 0.2) is 11.6 Å². The van der Waals surface area contributed by atoms with Gasteiger partial charge in [0.15, 0.2) is 0 Å². The summed E-state index contributed by atoms with van der Waals surface area (Å²) < 4.78 is 5.43. The Hall–Kier alpha value is -0.830. The van der Waals surface area contributed by atoms with E-state index < -0.39 is 5.97 Å². The van der Waals surface area contributed by atoms with Crippen molar-refractivity contribution in [3.8, 4) is 0 Å². The molecule has 1 aliphatic heterocycles. The number of carboxylic acids is 1. The monoisotopic (exact) mass is 184 g/mol. The molecular weight excluding hydrogens is 168 g/mol. The van der Waals surface area contributed by atoms with Crippen molar-refractivity contribution in [2.24, 2.45) is 5.92 Å². The van der Waals surface area contributed by atoms with Gasteiger partial charge in [0.05, 0.1) is 12.0 Å². The molecule has 74 valence electrons. The molecule has 1 aliphatic rings. The predicted molar refractivity (Wildman–Crippen MR) is 49.5 cm³/mol. The molecule has 1 fully saturated rings. The number of carboxylic acid groups (broad SMARTS) is 1. The van der Waals surface area contributed by atoms with E-state index in [0.29, 0.717) is 19.4 Å². The average Bonchev–Trinajstić information content (AvgIpc) is 2.03. The topological polar surface area (TPSA) is 46.5 Å². The van der Waals surface area contributed by atoms with Gasteiger partial charge < -0.3 is 9.84 Å². The highest BCUT2D eigenvalue weighted by Gasteiger charge is 2.26. The fourth-order valence-corrected chi connectivity index (χ4v) is 1.54. The van der Waals surface area contributed by atoms with E-state index in [2.05, 4.69) is 0 Å². The van der Waals surface area contributed by atoms with E-state index >= 15 is 0 Å². The third kappa shape index (κ3) is 3.19. The molecule has 0 radical (unpaired) electrons. The standard InChI is InChI=1S/C10H16O3/c1-7(2)5-9-6-8(10(11)12)3-4-13-9/h5,8-9H,3-4,6H2,1-2H3,(H,11,12)/t8-,9+/m1/s1. The van der Waals surface area contributed by atoms with E-state index in [4.69, 9.17) is 9.84 Å². The van der Waals surface area contributed by atoms with E-state index in [9.17, 15) is 4.79 Å². The Morgan fingerprint density at radius 2 is 2.23 bits per heavy atom. The summed E-state index contributed by atoms with van der Waals surface area (Å²) in [7, 11) is 0. The van der Waals surface area contributed by atoms with Gasteiger partial charge in [-0.1, -0.05) is 11.6 Å². The first-order valence-corrected chi connectivity index (χ1v) is 4.59. The smallest absolute Gasteiger partial charge is 0.306 e. The largest absolute Gasteiger partial charge is 0.481 e. The third-order valence-electron chi connectivity index (χ3n) is 2.18. The van der Waals surface area contributed by atoms with Gasteiger partial charge in [0, 0.05) is 6.61 Å². The van der Waals surface area contributed by atoms with E-state index in [-0.39, 0.29) is 12.0 Å². The Morgan fingerprint density at radius 3 is 2.77 bits per heavy atom. The molecule has 1 rings (SSSR count). The number of ether oxygens (including phenoxy) is 1. The lowest BCUT2D eigenvalue weighted by atomic mass is 9.95. The maximum Gasteiger partial charge on any atom is 0.306 e. The van der Waals surface area contributed by atoms with Crippen molar-refractivity contribution in [2.75, 3.05) is 6.61 Å². The summed E-state index contributed by atoms with van der Waals surface area (Å²) in [6, 6.07) is 0. The molecule has 0 bridgehead atoms. The summed E-state index contributed by atoms with van der Waals surface area (Å²) in [6.07, 6.45) is 3.25. The van der Waals surface area contributed by atoms with Crippen molar-refractivity contribution in [3.63, 3.8) is 0 Å². The summed E-state index contributed by atoms with van der Waals surface area (Å²) in [6.45, 7) is 4.55. The van der Waals surface area contributed by atoms with Crippen LogP contribution in [0.1, 0.15) is 26.7 Å². The quantitative estimate of drug-likeness (QED) is 0.666. The van der Waals surface area contributed by atoms with E-state index in [0.717, 1.165) is 0 Å². The summed E-state index contributed by atoms with van der Waals surface area (Å²) in [5, 5.41) is 8.81. The zero-order valence-corrected chi connectivity index (χ0v) is 8.12. The number of hydrogen-bond donors (Lipinski definition) is 1. The van der Waals surface area contributed by atoms with Gasteiger partial charge in [-0.15, -0.1) is 0 Å². The SMILES string of the molecule is CC(C)=C[C@H]1C[C@H](C(=O)O)CCO1. The van der Waals surface area contributed by atoms with Crippen LogP contribution in [-0.2, 0) is 9.53 Å². The molecule has 3 nitrogen and oxygen atoms in total. The van der Waals surface area contributed by atoms with Crippen LogP contribution in [0.3, 0.4) is 0 Å². The lowest BCUT2D eigenvalue weighted by Crippen LogP contribution is -2.29. The first-order valence-electron chi connectivity index (χ1n) is 4.59. The molecule has 13 heavy (non-hydrogen) atoms. The van der Waals surface area contributed by atoms with Crippen molar-refractivity contribution in [1.29, 1.82) is 0 Å². The Labute approximate surface area is 78.4 Å². The molecule has 0 aliphatic carbocycles. The number of hydrogen-bond acceptors (Lipinski definition) is 2. The maximum atomic E-state index is 10.7. The summed E-state index contributed by atoms with van der Waals surface area (Å²) in [4.78, 5) is 10.7. The predicted octanol–water partition coefficient (Wildman–Crippen LogP) is 1.83. The molecule has 0 spiro atoms. The Balaban J connectivity index is 2.51. The Kier molecular flexibility index (Phi) is 3.48. The second-order valence-electron chi connectivity index (χ2n) is 3.71. The lowest BCUT2D eigenvalue weighted by Gasteiger charge is -2.25. The minimum Gasteiger partial charge on any atom is -0.481 e. The number of allylic oxidation sites excluding steroid dienone is 1.